The highest BCUT2D eigenvalue weighted by molar-refractivity contribution is 5.95. The highest BCUT2D eigenvalue weighted by Crippen LogP contribution is 2.33. The highest BCUT2D eigenvalue weighted by Gasteiger charge is 2.26. The number of hydrogen-bond acceptors (Lipinski definition) is 5. The Morgan fingerprint density at radius 2 is 2.12 bits per heavy atom. The number of morpholine rings is 1. The van der Waals surface area contributed by atoms with Gasteiger partial charge in [0.05, 0.1) is 19.8 Å². The molecule has 2 aromatic heterocycles. The van der Waals surface area contributed by atoms with Gasteiger partial charge in [-0.25, -0.2) is 9.78 Å². The fraction of sp³-hybridized carbons (Fsp3) is 0.556. The Morgan fingerprint density at radius 3 is 2.83 bits per heavy atom. The lowest BCUT2D eigenvalue weighted by Gasteiger charge is -2.27. The molecule has 0 N–H and O–H groups in total. The lowest BCUT2D eigenvalue weighted by atomic mass is 10.3. The van der Waals surface area contributed by atoms with E-state index in [-0.39, 0.29) is 5.97 Å². The molecule has 3 heterocycles. The van der Waals surface area contributed by atoms with Crippen LogP contribution >= 0.6 is 0 Å². The minimum Gasteiger partial charge on any atom is -0.461 e. The van der Waals surface area contributed by atoms with Crippen molar-refractivity contribution in [1.29, 1.82) is 0 Å². The van der Waals surface area contributed by atoms with Crippen molar-refractivity contribution in [2.75, 3.05) is 37.8 Å². The van der Waals surface area contributed by atoms with E-state index in [1.165, 1.54) is 12.8 Å². The van der Waals surface area contributed by atoms with Gasteiger partial charge in [0.25, 0.3) is 0 Å². The first-order chi connectivity index (χ1) is 11.8. The Bertz CT molecular complexity index is 745. The Kier molecular flexibility index (Phi) is 4.14. The van der Waals surface area contributed by atoms with Crippen LogP contribution in [0.15, 0.2) is 18.2 Å². The van der Waals surface area contributed by atoms with Crippen molar-refractivity contribution in [1.82, 2.24) is 9.55 Å². The molecule has 0 atom stereocenters. The van der Waals surface area contributed by atoms with Crippen LogP contribution in [0.1, 0.15) is 30.3 Å². The van der Waals surface area contributed by atoms with E-state index in [1.54, 1.807) is 0 Å². The summed E-state index contributed by atoms with van der Waals surface area (Å²) in [6, 6.07) is 6.00. The largest absolute Gasteiger partial charge is 0.461 e. The minimum absolute atomic E-state index is 0.260. The van der Waals surface area contributed by atoms with Crippen LogP contribution in [-0.4, -0.2) is 48.4 Å². The third kappa shape index (κ3) is 2.98. The van der Waals surface area contributed by atoms with E-state index in [9.17, 15) is 4.79 Å². The van der Waals surface area contributed by atoms with Crippen LogP contribution in [0.2, 0.25) is 0 Å². The maximum atomic E-state index is 12.3. The number of esters is 1. The predicted octanol–water partition coefficient (Wildman–Crippen LogP) is 2.46. The van der Waals surface area contributed by atoms with Crippen LogP contribution in [0.25, 0.3) is 11.0 Å². The predicted molar refractivity (Wildman–Crippen MR) is 91.4 cm³/mol. The molecule has 6 heteroatoms. The number of hydrogen-bond donors (Lipinski definition) is 0. The molecule has 0 spiro atoms. The molecule has 2 fully saturated rings. The normalized spacial score (nSPS) is 18.1. The SMILES string of the molecule is CCOC(=O)c1cc2ccc(N3CCOCC3)nc2n1CC1CC1. The summed E-state index contributed by atoms with van der Waals surface area (Å²) in [4.78, 5) is 19.4. The van der Waals surface area contributed by atoms with Crippen LogP contribution in [0, 0.1) is 5.92 Å². The number of rotatable bonds is 5. The molecule has 128 valence electrons. The van der Waals surface area contributed by atoms with Crippen LogP contribution < -0.4 is 4.90 Å². The van der Waals surface area contributed by atoms with Gasteiger partial charge in [-0.05, 0) is 43.9 Å². The van der Waals surface area contributed by atoms with E-state index < -0.39 is 0 Å². The van der Waals surface area contributed by atoms with Crippen LogP contribution in [0.4, 0.5) is 5.82 Å². The van der Waals surface area contributed by atoms with Gasteiger partial charge in [-0.3, -0.25) is 0 Å². The Hall–Kier alpha value is -2.08. The minimum atomic E-state index is -0.260. The Morgan fingerprint density at radius 1 is 1.33 bits per heavy atom. The first-order valence-electron chi connectivity index (χ1n) is 8.76. The van der Waals surface area contributed by atoms with E-state index in [0.29, 0.717) is 18.2 Å². The number of nitrogens with zero attached hydrogens (tertiary/aromatic N) is 3. The summed E-state index contributed by atoms with van der Waals surface area (Å²) in [6.07, 6.45) is 2.45. The lowest BCUT2D eigenvalue weighted by molar-refractivity contribution is 0.0514. The fourth-order valence-electron chi connectivity index (χ4n) is 3.20. The number of anilines is 1. The average Bonchev–Trinajstić information content (AvgIpc) is 3.36. The van der Waals surface area contributed by atoms with E-state index in [1.807, 2.05) is 19.1 Å². The summed E-state index contributed by atoms with van der Waals surface area (Å²) in [5, 5.41) is 0.996. The molecule has 0 amide bonds. The highest BCUT2D eigenvalue weighted by atomic mass is 16.5. The summed E-state index contributed by atoms with van der Waals surface area (Å²) in [5.74, 6) is 1.35. The van der Waals surface area contributed by atoms with E-state index in [0.717, 1.165) is 49.7 Å². The summed E-state index contributed by atoms with van der Waals surface area (Å²) in [7, 11) is 0. The zero-order valence-electron chi connectivity index (χ0n) is 14.0. The molecule has 1 saturated heterocycles. The maximum absolute atomic E-state index is 12.3. The molecule has 1 aliphatic heterocycles. The molecular weight excluding hydrogens is 306 g/mol. The second kappa shape index (κ2) is 6.43. The summed E-state index contributed by atoms with van der Waals surface area (Å²) in [6.45, 7) is 6.24. The topological polar surface area (TPSA) is 56.6 Å². The molecule has 1 aliphatic carbocycles. The Balaban J connectivity index is 1.74. The summed E-state index contributed by atoms with van der Waals surface area (Å²) >= 11 is 0. The Labute approximate surface area is 141 Å². The number of aromatic nitrogens is 2. The van der Waals surface area contributed by atoms with Crippen LogP contribution in [0.3, 0.4) is 0 Å². The maximum Gasteiger partial charge on any atom is 0.355 e. The van der Waals surface area contributed by atoms with Gasteiger partial charge < -0.3 is 18.9 Å². The molecule has 2 aliphatic rings. The first-order valence-corrected chi connectivity index (χ1v) is 8.76. The number of carbonyl (C=O) groups is 1. The molecule has 0 bridgehead atoms. The number of carbonyl (C=O) groups excluding carboxylic acids is 1. The van der Waals surface area contributed by atoms with Crippen molar-refractivity contribution in [2.45, 2.75) is 26.3 Å². The molecular formula is C18H23N3O3. The molecule has 24 heavy (non-hydrogen) atoms. The van der Waals surface area contributed by atoms with Gasteiger partial charge in [-0.2, -0.15) is 0 Å². The zero-order valence-corrected chi connectivity index (χ0v) is 14.0. The van der Waals surface area contributed by atoms with E-state index in [2.05, 4.69) is 15.5 Å². The second-order valence-electron chi connectivity index (χ2n) is 6.49. The standard InChI is InChI=1S/C18H23N3O3/c1-2-24-18(22)15-11-14-5-6-16(20-7-9-23-10-8-20)19-17(14)21(15)12-13-3-4-13/h5-6,11,13H,2-4,7-10,12H2,1H3. The quantitative estimate of drug-likeness (QED) is 0.789. The zero-order chi connectivity index (χ0) is 16.5. The molecule has 6 nitrogen and oxygen atoms in total. The molecule has 1 saturated carbocycles. The smallest absolute Gasteiger partial charge is 0.355 e. The summed E-state index contributed by atoms with van der Waals surface area (Å²) < 4.78 is 12.7. The number of ether oxygens (including phenoxy) is 2. The number of pyridine rings is 1. The van der Waals surface area contributed by atoms with Crippen molar-refractivity contribution < 1.29 is 14.3 Å². The van der Waals surface area contributed by atoms with Gasteiger partial charge in [0.1, 0.15) is 17.2 Å². The molecule has 0 radical (unpaired) electrons. The van der Waals surface area contributed by atoms with E-state index in [4.69, 9.17) is 14.5 Å². The lowest BCUT2D eigenvalue weighted by Crippen LogP contribution is -2.36. The van der Waals surface area contributed by atoms with Crippen molar-refractivity contribution in [3.05, 3.63) is 23.9 Å². The van der Waals surface area contributed by atoms with Crippen LogP contribution in [0.5, 0.6) is 0 Å². The summed E-state index contributed by atoms with van der Waals surface area (Å²) in [5.41, 5.74) is 1.50. The van der Waals surface area contributed by atoms with Crippen LogP contribution in [-0.2, 0) is 16.0 Å². The van der Waals surface area contributed by atoms with Gasteiger partial charge in [0.15, 0.2) is 0 Å². The van der Waals surface area contributed by atoms with Crippen molar-refractivity contribution in [3.63, 3.8) is 0 Å². The first kappa shape index (κ1) is 15.4. The average molecular weight is 329 g/mol. The van der Waals surface area contributed by atoms with E-state index >= 15 is 0 Å². The molecule has 4 rings (SSSR count). The van der Waals surface area contributed by atoms with Gasteiger partial charge in [-0.15, -0.1) is 0 Å². The van der Waals surface area contributed by atoms with Gasteiger partial charge >= 0.3 is 5.97 Å². The molecule has 0 unspecified atom stereocenters. The van der Waals surface area contributed by atoms with Gasteiger partial charge in [0, 0.05) is 25.0 Å². The van der Waals surface area contributed by atoms with Gasteiger partial charge in [-0.1, -0.05) is 0 Å². The van der Waals surface area contributed by atoms with Crippen molar-refractivity contribution in [2.24, 2.45) is 5.92 Å². The van der Waals surface area contributed by atoms with Crippen molar-refractivity contribution in [3.8, 4) is 0 Å². The second-order valence-corrected chi connectivity index (χ2v) is 6.49. The van der Waals surface area contributed by atoms with Gasteiger partial charge in [0.2, 0.25) is 0 Å². The van der Waals surface area contributed by atoms with Crippen molar-refractivity contribution >= 4 is 22.8 Å². The number of fused-ring (bicyclic) bond motifs is 1. The molecule has 2 aromatic rings. The molecule has 0 aromatic carbocycles. The third-order valence-electron chi connectivity index (χ3n) is 4.69. The fourth-order valence-corrected chi connectivity index (χ4v) is 3.20. The third-order valence-corrected chi connectivity index (χ3v) is 4.69. The monoisotopic (exact) mass is 329 g/mol.